The highest BCUT2D eigenvalue weighted by atomic mass is 16.2. The fraction of sp³-hybridized carbons (Fsp3) is 0.579. The lowest BCUT2D eigenvalue weighted by atomic mass is 9.96. The zero-order valence-corrected chi connectivity index (χ0v) is 14.7. The van der Waals surface area contributed by atoms with E-state index >= 15 is 0 Å². The predicted octanol–water partition coefficient (Wildman–Crippen LogP) is 3.07. The summed E-state index contributed by atoms with van der Waals surface area (Å²) in [5.74, 6) is 0.503. The molecule has 6 heteroatoms. The molecule has 2 rings (SSSR count). The summed E-state index contributed by atoms with van der Waals surface area (Å²) >= 11 is 0. The van der Waals surface area contributed by atoms with E-state index in [1.54, 1.807) is 0 Å². The average Bonchev–Trinajstić information content (AvgIpc) is 2.63. The molecule has 0 heterocycles. The standard InChI is InChI=1S/C19H28N4O2/c24-18(22-20-14-16-8-3-1-4-9-16)12-7-13-19(25)23-21-15-17-10-5-2-6-11-17/h1-3,5,14-17H,4,6-13H2,(H,22,24)(H,23,25)/b20-14+,21-15?. The molecule has 2 aliphatic carbocycles. The van der Waals surface area contributed by atoms with Crippen LogP contribution in [0.2, 0.25) is 0 Å². The first-order valence-electron chi connectivity index (χ1n) is 9.18. The summed E-state index contributed by atoms with van der Waals surface area (Å²) in [5, 5.41) is 8.01. The van der Waals surface area contributed by atoms with Crippen molar-refractivity contribution >= 4 is 24.2 Å². The van der Waals surface area contributed by atoms with Gasteiger partial charge in [0, 0.05) is 25.3 Å². The number of hydrogen-bond donors (Lipinski definition) is 2. The van der Waals surface area contributed by atoms with Crippen LogP contribution in [-0.2, 0) is 9.59 Å². The van der Waals surface area contributed by atoms with E-state index in [0.717, 1.165) is 38.5 Å². The first kappa shape index (κ1) is 19.1. The smallest absolute Gasteiger partial charge is 0.240 e. The summed E-state index contributed by atoms with van der Waals surface area (Å²) in [5.41, 5.74) is 5.06. The molecule has 0 radical (unpaired) electrons. The number of carbonyl (C=O) groups is 2. The normalized spacial score (nSPS) is 23.2. The second-order valence-electron chi connectivity index (χ2n) is 6.57. The molecule has 0 saturated heterocycles. The Bertz CT molecular complexity index is 504. The monoisotopic (exact) mass is 344 g/mol. The predicted molar refractivity (Wildman–Crippen MR) is 100 cm³/mol. The summed E-state index contributed by atoms with van der Waals surface area (Å²) in [4.78, 5) is 23.4. The van der Waals surface area contributed by atoms with E-state index in [9.17, 15) is 9.59 Å². The lowest BCUT2D eigenvalue weighted by molar-refractivity contribution is -0.122. The number of nitrogens with one attached hydrogen (secondary N) is 2. The third-order valence-corrected chi connectivity index (χ3v) is 4.38. The minimum atomic E-state index is -0.159. The van der Waals surface area contributed by atoms with Gasteiger partial charge in [0.05, 0.1) is 0 Å². The zero-order chi connectivity index (χ0) is 17.7. The third-order valence-electron chi connectivity index (χ3n) is 4.38. The van der Waals surface area contributed by atoms with E-state index < -0.39 is 0 Å². The van der Waals surface area contributed by atoms with Crippen LogP contribution in [0.3, 0.4) is 0 Å². The highest BCUT2D eigenvalue weighted by Gasteiger charge is 2.08. The van der Waals surface area contributed by atoms with Crippen molar-refractivity contribution in [2.45, 2.75) is 57.8 Å². The fourth-order valence-electron chi connectivity index (χ4n) is 2.86. The van der Waals surface area contributed by atoms with Crippen LogP contribution >= 0.6 is 0 Å². The van der Waals surface area contributed by atoms with Gasteiger partial charge in [-0.2, -0.15) is 10.2 Å². The van der Waals surface area contributed by atoms with Gasteiger partial charge in [0.1, 0.15) is 0 Å². The highest BCUT2D eigenvalue weighted by Crippen LogP contribution is 2.16. The van der Waals surface area contributed by atoms with Gasteiger partial charge in [0.2, 0.25) is 11.8 Å². The van der Waals surface area contributed by atoms with Gasteiger partial charge in [0.25, 0.3) is 0 Å². The number of allylic oxidation sites excluding steroid dienone is 4. The van der Waals surface area contributed by atoms with E-state index in [1.807, 2.05) is 12.4 Å². The molecule has 0 aliphatic heterocycles. The van der Waals surface area contributed by atoms with E-state index in [-0.39, 0.29) is 24.7 Å². The number of hydrazone groups is 2. The molecule has 2 unspecified atom stereocenters. The maximum Gasteiger partial charge on any atom is 0.240 e. The maximum absolute atomic E-state index is 11.7. The number of amides is 2. The minimum Gasteiger partial charge on any atom is -0.273 e. The van der Waals surface area contributed by atoms with Crippen LogP contribution in [0, 0.1) is 11.8 Å². The van der Waals surface area contributed by atoms with Crippen LogP contribution in [0.1, 0.15) is 57.8 Å². The van der Waals surface area contributed by atoms with Crippen molar-refractivity contribution in [3.05, 3.63) is 24.3 Å². The van der Waals surface area contributed by atoms with Crippen molar-refractivity contribution in [3.8, 4) is 0 Å². The molecule has 0 spiro atoms. The Hall–Kier alpha value is -2.24. The van der Waals surface area contributed by atoms with Crippen LogP contribution in [0.25, 0.3) is 0 Å². The molecule has 0 fully saturated rings. The summed E-state index contributed by atoms with van der Waals surface area (Å²) < 4.78 is 0. The van der Waals surface area contributed by atoms with E-state index in [0.29, 0.717) is 18.3 Å². The first-order valence-corrected chi connectivity index (χ1v) is 9.18. The van der Waals surface area contributed by atoms with Gasteiger partial charge in [0.15, 0.2) is 0 Å². The topological polar surface area (TPSA) is 82.9 Å². The maximum atomic E-state index is 11.7. The van der Waals surface area contributed by atoms with Gasteiger partial charge in [-0.25, -0.2) is 10.9 Å². The molecule has 25 heavy (non-hydrogen) atoms. The Morgan fingerprint density at radius 2 is 1.32 bits per heavy atom. The molecule has 2 amide bonds. The second kappa shape index (κ2) is 11.3. The van der Waals surface area contributed by atoms with Gasteiger partial charge >= 0.3 is 0 Å². The van der Waals surface area contributed by atoms with Gasteiger partial charge in [-0.05, 0) is 56.8 Å². The Morgan fingerprint density at radius 3 is 1.72 bits per heavy atom. The second-order valence-corrected chi connectivity index (χ2v) is 6.57. The molecule has 0 aromatic carbocycles. The van der Waals surface area contributed by atoms with Crippen molar-refractivity contribution in [2.75, 3.05) is 0 Å². The van der Waals surface area contributed by atoms with Gasteiger partial charge < -0.3 is 0 Å². The van der Waals surface area contributed by atoms with Crippen LogP contribution in [-0.4, -0.2) is 24.2 Å². The Kier molecular flexibility index (Phi) is 8.66. The number of rotatable bonds is 8. The molecule has 0 aromatic heterocycles. The molecule has 0 aromatic rings. The Balaban J connectivity index is 1.52. The fourth-order valence-corrected chi connectivity index (χ4v) is 2.86. The molecular weight excluding hydrogens is 316 g/mol. The lowest BCUT2D eigenvalue weighted by Gasteiger charge is -2.11. The summed E-state index contributed by atoms with van der Waals surface area (Å²) in [6, 6.07) is 0. The van der Waals surface area contributed by atoms with Crippen LogP contribution < -0.4 is 10.9 Å². The van der Waals surface area contributed by atoms with Gasteiger partial charge in [-0.1, -0.05) is 24.3 Å². The number of hydrogen-bond acceptors (Lipinski definition) is 4. The van der Waals surface area contributed by atoms with Crippen molar-refractivity contribution in [2.24, 2.45) is 22.0 Å². The number of carbonyl (C=O) groups excluding carboxylic acids is 2. The first-order chi connectivity index (χ1) is 12.2. The van der Waals surface area contributed by atoms with Crippen LogP contribution in [0.15, 0.2) is 34.5 Å². The van der Waals surface area contributed by atoms with E-state index in [2.05, 4.69) is 45.4 Å². The van der Waals surface area contributed by atoms with Crippen molar-refractivity contribution in [1.29, 1.82) is 0 Å². The molecule has 136 valence electrons. The van der Waals surface area contributed by atoms with Crippen LogP contribution in [0.5, 0.6) is 0 Å². The largest absolute Gasteiger partial charge is 0.273 e. The minimum absolute atomic E-state index is 0.159. The zero-order valence-electron chi connectivity index (χ0n) is 14.7. The summed E-state index contributed by atoms with van der Waals surface area (Å²) in [7, 11) is 0. The Morgan fingerprint density at radius 1 is 0.840 bits per heavy atom. The van der Waals surface area contributed by atoms with Gasteiger partial charge in [-0.15, -0.1) is 0 Å². The van der Waals surface area contributed by atoms with Crippen molar-refractivity contribution < 1.29 is 9.59 Å². The third kappa shape index (κ3) is 8.42. The molecule has 2 N–H and O–H groups in total. The molecule has 2 aliphatic rings. The van der Waals surface area contributed by atoms with E-state index in [4.69, 9.17) is 0 Å². The summed E-state index contributed by atoms with van der Waals surface area (Å²) in [6.45, 7) is 0. The lowest BCUT2D eigenvalue weighted by Crippen LogP contribution is -2.21. The van der Waals surface area contributed by atoms with E-state index in [1.165, 1.54) is 0 Å². The van der Waals surface area contributed by atoms with Gasteiger partial charge in [-0.3, -0.25) is 9.59 Å². The highest BCUT2D eigenvalue weighted by molar-refractivity contribution is 5.79. The Labute approximate surface area is 149 Å². The molecule has 2 atom stereocenters. The molecular formula is C19H28N4O2. The van der Waals surface area contributed by atoms with Crippen molar-refractivity contribution in [3.63, 3.8) is 0 Å². The average molecular weight is 344 g/mol. The quantitative estimate of drug-likeness (QED) is 0.403. The molecule has 0 bridgehead atoms. The van der Waals surface area contributed by atoms with Crippen LogP contribution in [0.4, 0.5) is 0 Å². The molecule has 6 nitrogen and oxygen atoms in total. The molecule has 0 saturated carbocycles. The SMILES string of the molecule is O=C(CCCC(=O)N/N=C/C1CC=CCC1)NN=CC1CC=CCC1. The number of nitrogens with zero attached hydrogens (tertiary/aromatic N) is 2. The van der Waals surface area contributed by atoms with Crippen molar-refractivity contribution in [1.82, 2.24) is 10.9 Å². The summed E-state index contributed by atoms with van der Waals surface area (Å²) in [6.07, 6.45) is 19.6.